The molecule has 0 amide bonds. The van der Waals surface area contributed by atoms with Crippen molar-refractivity contribution < 1.29 is 0 Å². The van der Waals surface area contributed by atoms with Gasteiger partial charge in [0.25, 0.3) is 0 Å². The van der Waals surface area contributed by atoms with Crippen molar-refractivity contribution in [2.24, 2.45) is 0 Å². The summed E-state index contributed by atoms with van der Waals surface area (Å²) in [6.45, 7) is 0. The second-order valence-electron chi connectivity index (χ2n) is 12.7. The first-order chi connectivity index (χ1) is 25.3. The highest BCUT2D eigenvalue weighted by molar-refractivity contribution is 7.79. The second kappa shape index (κ2) is 12.2. The van der Waals surface area contributed by atoms with Gasteiger partial charge in [-0.25, -0.2) is 9.97 Å². The predicted molar refractivity (Wildman–Crippen MR) is 214 cm³/mol. The van der Waals surface area contributed by atoms with Crippen LogP contribution in [0.1, 0.15) is 0 Å². The second-order valence-corrected chi connectivity index (χ2v) is 15.0. The number of fused-ring (bicyclic) bond motifs is 5. The zero-order valence-corrected chi connectivity index (χ0v) is 28.5. The van der Waals surface area contributed by atoms with Gasteiger partial charge in [-0.2, -0.15) is 0 Å². The van der Waals surface area contributed by atoms with Crippen LogP contribution in [0, 0.1) is 0 Å². The minimum atomic E-state index is -0.658. The third kappa shape index (κ3) is 4.95. The lowest BCUT2D eigenvalue weighted by atomic mass is 10.0. The van der Waals surface area contributed by atoms with Crippen LogP contribution in [-0.2, 0) is 0 Å². The molecular weight excluding hydrogens is 640 g/mol. The van der Waals surface area contributed by atoms with E-state index in [1.54, 1.807) is 0 Å². The van der Waals surface area contributed by atoms with Gasteiger partial charge in [0.15, 0.2) is 5.82 Å². The van der Waals surface area contributed by atoms with Gasteiger partial charge in [0, 0.05) is 40.0 Å². The lowest BCUT2D eigenvalue weighted by molar-refractivity contribution is 1.11. The molecule has 1 aliphatic heterocycles. The Morgan fingerprint density at radius 3 is 1.71 bits per heavy atom. The van der Waals surface area contributed by atoms with E-state index in [-0.39, 0.29) is 0 Å². The first kappa shape index (κ1) is 29.6. The summed E-state index contributed by atoms with van der Waals surface area (Å²) in [6, 6.07) is 63.0. The average Bonchev–Trinajstić information content (AvgIpc) is 3.55. The Labute approximate surface area is 297 Å². The van der Waals surface area contributed by atoms with Crippen molar-refractivity contribution in [1.82, 2.24) is 14.5 Å². The summed E-state index contributed by atoms with van der Waals surface area (Å²) in [4.78, 5) is 12.2. The van der Waals surface area contributed by atoms with Crippen LogP contribution in [0.5, 0.6) is 0 Å². The van der Waals surface area contributed by atoms with Crippen LogP contribution < -0.4 is 20.8 Å². The van der Waals surface area contributed by atoms with Crippen molar-refractivity contribution in [3.05, 3.63) is 188 Å². The molecule has 10 rings (SSSR count). The normalized spacial score (nSPS) is 12.1. The monoisotopic (exact) mass is 670 g/mol. The number of nitrogens with zero attached hydrogens (tertiary/aromatic N) is 4. The molecule has 0 aliphatic carbocycles. The summed E-state index contributed by atoms with van der Waals surface area (Å²) >= 11 is 0. The summed E-state index contributed by atoms with van der Waals surface area (Å²) in [5.74, 6) is 0.698. The maximum absolute atomic E-state index is 4.92. The molecule has 1 aliphatic rings. The lowest BCUT2D eigenvalue weighted by Crippen LogP contribution is -2.20. The van der Waals surface area contributed by atoms with E-state index in [0.717, 1.165) is 39.4 Å². The molecule has 51 heavy (non-hydrogen) atoms. The van der Waals surface area contributed by atoms with Crippen molar-refractivity contribution in [2.75, 3.05) is 4.90 Å². The van der Waals surface area contributed by atoms with Gasteiger partial charge < -0.3 is 9.47 Å². The maximum Gasteiger partial charge on any atom is 0.159 e. The molecule has 4 nitrogen and oxygen atoms in total. The fourth-order valence-electron chi connectivity index (χ4n) is 7.48. The molecule has 0 bridgehead atoms. The molecule has 2 aromatic heterocycles. The number of hydrogen-bond acceptors (Lipinski definition) is 3. The minimum Gasteiger partial charge on any atom is -0.306 e. The lowest BCUT2D eigenvalue weighted by Gasteiger charge is -2.33. The third-order valence-corrected chi connectivity index (χ3v) is 12.2. The van der Waals surface area contributed by atoms with Crippen molar-refractivity contribution in [3.8, 4) is 28.2 Å². The summed E-state index contributed by atoms with van der Waals surface area (Å²) in [7, 11) is -0.658. The van der Waals surface area contributed by atoms with E-state index >= 15 is 0 Å². The SMILES string of the molecule is c1ccc(N2c3cc(-c4ncc(-c5ccc(P(c6ccccc6)c6ccccc6)cc5)cn4)ccc3-n3c4ccccc4c4cccc2c43)cc1. The van der Waals surface area contributed by atoms with Crippen LogP contribution in [-0.4, -0.2) is 14.5 Å². The molecule has 7 aromatic carbocycles. The molecule has 0 spiro atoms. The predicted octanol–water partition coefficient (Wildman–Crippen LogP) is 10.4. The molecule has 0 saturated carbocycles. The molecule has 0 atom stereocenters. The number of hydrogen-bond donors (Lipinski definition) is 0. The number of benzene rings is 7. The van der Waals surface area contributed by atoms with Crippen molar-refractivity contribution in [3.63, 3.8) is 0 Å². The van der Waals surface area contributed by atoms with E-state index in [1.807, 2.05) is 12.4 Å². The third-order valence-electron chi connectivity index (χ3n) is 9.78. The summed E-state index contributed by atoms with van der Waals surface area (Å²) in [5, 5.41) is 6.50. The van der Waals surface area contributed by atoms with E-state index in [0.29, 0.717) is 5.82 Å². The van der Waals surface area contributed by atoms with E-state index < -0.39 is 7.92 Å². The number of para-hydroxylation sites is 3. The first-order valence-corrected chi connectivity index (χ1v) is 18.5. The summed E-state index contributed by atoms with van der Waals surface area (Å²) < 4.78 is 2.41. The fraction of sp³-hybridized carbons (Fsp3) is 0. The van der Waals surface area contributed by atoms with E-state index in [2.05, 4.69) is 185 Å². The quantitative estimate of drug-likeness (QED) is 0.165. The van der Waals surface area contributed by atoms with Crippen molar-refractivity contribution in [1.29, 1.82) is 0 Å². The Bertz CT molecular complexity index is 2630. The Kier molecular flexibility index (Phi) is 7.07. The topological polar surface area (TPSA) is 34.0 Å². The maximum atomic E-state index is 4.92. The molecule has 3 heterocycles. The smallest absolute Gasteiger partial charge is 0.159 e. The molecule has 9 aromatic rings. The number of aromatic nitrogens is 3. The van der Waals surface area contributed by atoms with Crippen LogP contribution in [0.4, 0.5) is 17.1 Å². The number of rotatable bonds is 6. The van der Waals surface area contributed by atoms with Gasteiger partial charge in [0.1, 0.15) is 0 Å². The van der Waals surface area contributed by atoms with Crippen LogP contribution >= 0.6 is 7.92 Å². The summed E-state index contributed by atoms with van der Waals surface area (Å²) in [5.41, 5.74) is 9.98. The van der Waals surface area contributed by atoms with Crippen LogP contribution in [0.25, 0.3) is 50.0 Å². The Morgan fingerprint density at radius 1 is 0.412 bits per heavy atom. The highest BCUT2D eigenvalue weighted by atomic mass is 31.1. The van der Waals surface area contributed by atoms with Crippen LogP contribution in [0.3, 0.4) is 0 Å². The molecule has 240 valence electrons. The average molecular weight is 671 g/mol. The van der Waals surface area contributed by atoms with Gasteiger partial charge in [-0.05, 0) is 71.9 Å². The first-order valence-electron chi connectivity index (χ1n) is 17.2. The van der Waals surface area contributed by atoms with Crippen LogP contribution in [0.2, 0.25) is 0 Å². The van der Waals surface area contributed by atoms with Gasteiger partial charge in [-0.3, -0.25) is 0 Å². The van der Waals surface area contributed by atoms with Gasteiger partial charge in [0.05, 0.1) is 28.1 Å². The minimum absolute atomic E-state index is 0.658. The van der Waals surface area contributed by atoms with Gasteiger partial charge >= 0.3 is 0 Å². The van der Waals surface area contributed by atoms with Crippen molar-refractivity contribution in [2.45, 2.75) is 0 Å². The zero-order valence-electron chi connectivity index (χ0n) is 27.6. The van der Waals surface area contributed by atoms with Crippen molar-refractivity contribution >= 4 is 62.7 Å². The highest BCUT2D eigenvalue weighted by Crippen LogP contribution is 2.50. The Balaban J connectivity index is 1.02. The van der Waals surface area contributed by atoms with E-state index in [1.165, 1.54) is 37.7 Å². The van der Waals surface area contributed by atoms with Gasteiger partial charge in [-0.15, -0.1) is 0 Å². The summed E-state index contributed by atoms with van der Waals surface area (Å²) in [6.07, 6.45) is 3.89. The standard InChI is InChI=1S/C46H31N4P/c1-4-13-35(14-5-1)49-43-22-12-20-40-39-19-10-11-21-41(39)50(45(40)43)42-28-25-33(29-44(42)49)46-47-30-34(31-48-46)32-23-26-38(27-24-32)51(36-15-6-2-7-16-36)37-17-8-3-9-18-37/h1-31H. The molecule has 0 radical (unpaired) electrons. The van der Waals surface area contributed by atoms with Gasteiger partial charge in [0.2, 0.25) is 0 Å². The highest BCUT2D eigenvalue weighted by Gasteiger charge is 2.29. The molecule has 0 N–H and O–H groups in total. The van der Waals surface area contributed by atoms with E-state index in [4.69, 9.17) is 9.97 Å². The Morgan fingerprint density at radius 2 is 1.00 bits per heavy atom. The van der Waals surface area contributed by atoms with E-state index in [9.17, 15) is 0 Å². The molecule has 0 saturated heterocycles. The largest absolute Gasteiger partial charge is 0.306 e. The fourth-order valence-corrected chi connectivity index (χ4v) is 9.76. The molecule has 5 heteroatoms. The zero-order chi connectivity index (χ0) is 33.7. The van der Waals surface area contributed by atoms with Gasteiger partial charge in [-0.1, -0.05) is 133 Å². The van der Waals surface area contributed by atoms with Crippen LogP contribution in [0.15, 0.2) is 188 Å². The Hall–Kier alpha value is -6.35. The molecule has 0 unspecified atom stereocenters. The number of anilines is 3. The molecular formula is C46H31N4P. The molecule has 0 fully saturated rings.